The average Bonchev–Trinajstić information content (AvgIpc) is 2.87. The number of amides is 1. The van der Waals surface area contributed by atoms with Crippen LogP contribution in [0.5, 0.6) is 0 Å². The number of nitrogens with one attached hydrogen (secondary N) is 2. The summed E-state index contributed by atoms with van der Waals surface area (Å²) in [6.45, 7) is 4.79. The summed E-state index contributed by atoms with van der Waals surface area (Å²) in [5.74, 6) is 0.700. The van der Waals surface area contributed by atoms with Gasteiger partial charge in [-0.25, -0.2) is 13.4 Å². The van der Waals surface area contributed by atoms with Gasteiger partial charge in [-0.05, 0) is 18.3 Å². The Bertz CT molecular complexity index is 660. The molecule has 20 heavy (non-hydrogen) atoms. The van der Waals surface area contributed by atoms with E-state index in [2.05, 4.69) is 29.1 Å². The number of hydrogen-bond acceptors (Lipinski definition) is 4. The third-order valence-electron chi connectivity index (χ3n) is 4.01. The van der Waals surface area contributed by atoms with Crippen molar-refractivity contribution in [3.63, 3.8) is 0 Å². The summed E-state index contributed by atoms with van der Waals surface area (Å²) < 4.78 is 23.1. The third kappa shape index (κ3) is 2.46. The van der Waals surface area contributed by atoms with Crippen molar-refractivity contribution >= 4 is 15.7 Å². The first-order valence-corrected chi connectivity index (χ1v) is 8.65. The first-order valence-electron chi connectivity index (χ1n) is 6.83. The maximum atomic E-state index is 12.0. The molecular weight excluding hydrogens is 278 g/mol. The highest BCUT2D eigenvalue weighted by Crippen LogP contribution is 2.30. The first-order chi connectivity index (χ1) is 9.26. The molecule has 1 amide bonds. The van der Waals surface area contributed by atoms with E-state index in [-0.39, 0.29) is 28.7 Å². The number of aromatic nitrogens is 2. The molecule has 6 nitrogen and oxygen atoms in total. The topological polar surface area (TPSA) is 91.9 Å². The molecule has 2 aliphatic heterocycles. The van der Waals surface area contributed by atoms with Gasteiger partial charge in [0, 0.05) is 18.2 Å². The highest BCUT2D eigenvalue weighted by Gasteiger charge is 2.34. The molecule has 0 aliphatic carbocycles. The first kappa shape index (κ1) is 13.6. The van der Waals surface area contributed by atoms with E-state index in [0.29, 0.717) is 24.5 Å². The Morgan fingerprint density at radius 2 is 2.10 bits per heavy atom. The Kier molecular flexibility index (Phi) is 2.93. The lowest BCUT2D eigenvalue weighted by molar-refractivity contribution is 0.0940. The van der Waals surface area contributed by atoms with E-state index in [1.165, 1.54) is 0 Å². The zero-order valence-electron chi connectivity index (χ0n) is 11.7. The van der Waals surface area contributed by atoms with Crippen LogP contribution in [0.25, 0.3) is 0 Å². The highest BCUT2D eigenvalue weighted by atomic mass is 32.2. The minimum atomic E-state index is -2.95. The van der Waals surface area contributed by atoms with Crippen LogP contribution in [0.3, 0.4) is 0 Å². The number of fused-ring (bicyclic) bond motifs is 1. The van der Waals surface area contributed by atoms with E-state index in [9.17, 15) is 13.2 Å². The Balaban J connectivity index is 1.94. The van der Waals surface area contributed by atoms with E-state index in [0.717, 1.165) is 12.1 Å². The largest absolute Gasteiger partial charge is 0.350 e. The standard InChI is InChI=1S/C13H19N3O3S/c1-13(2)5-9-10(12(17)14-7-13)16-11(15-9)8-3-4-20(18,19)6-8/h8H,3-7H2,1-2H3,(H,14,17)(H,15,16)/t8-/m0/s1. The zero-order valence-corrected chi connectivity index (χ0v) is 12.5. The summed E-state index contributed by atoms with van der Waals surface area (Å²) in [6, 6.07) is 0. The zero-order chi connectivity index (χ0) is 14.5. The van der Waals surface area contributed by atoms with Crippen molar-refractivity contribution in [1.29, 1.82) is 0 Å². The van der Waals surface area contributed by atoms with E-state index < -0.39 is 9.84 Å². The van der Waals surface area contributed by atoms with Crippen LogP contribution in [0.2, 0.25) is 0 Å². The van der Waals surface area contributed by atoms with Crippen molar-refractivity contribution < 1.29 is 13.2 Å². The van der Waals surface area contributed by atoms with Gasteiger partial charge in [0.25, 0.3) is 5.91 Å². The number of H-pyrrole nitrogens is 1. The van der Waals surface area contributed by atoms with Gasteiger partial charge in [0.05, 0.1) is 11.5 Å². The molecule has 1 fully saturated rings. The van der Waals surface area contributed by atoms with Crippen molar-refractivity contribution in [3.8, 4) is 0 Å². The molecule has 0 spiro atoms. The molecule has 0 radical (unpaired) electrons. The predicted octanol–water partition coefficient (Wildman–Crippen LogP) is 0.624. The van der Waals surface area contributed by atoms with Crippen LogP contribution < -0.4 is 5.32 Å². The molecule has 0 saturated carbocycles. The quantitative estimate of drug-likeness (QED) is 0.795. The summed E-state index contributed by atoms with van der Waals surface area (Å²) in [6.07, 6.45) is 1.31. The van der Waals surface area contributed by atoms with E-state index in [1.807, 2.05) is 0 Å². The SMILES string of the molecule is CC1(C)CNC(=O)c2nc([C@H]3CCS(=O)(=O)C3)[nH]c2C1. The number of sulfone groups is 1. The lowest BCUT2D eigenvalue weighted by Crippen LogP contribution is -2.32. The molecule has 110 valence electrons. The molecule has 0 aromatic carbocycles. The molecule has 1 aromatic rings. The van der Waals surface area contributed by atoms with Crippen molar-refractivity contribution in [1.82, 2.24) is 15.3 Å². The molecule has 7 heteroatoms. The van der Waals surface area contributed by atoms with Crippen molar-refractivity contribution in [3.05, 3.63) is 17.2 Å². The molecule has 1 saturated heterocycles. The predicted molar refractivity (Wildman–Crippen MR) is 74.4 cm³/mol. The van der Waals surface area contributed by atoms with Gasteiger partial charge in [0.15, 0.2) is 9.84 Å². The minimum absolute atomic E-state index is 0.0353. The lowest BCUT2D eigenvalue weighted by atomic mass is 9.88. The van der Waals surface area contributed by atoms with Crippen LogP contribution in [0, 0.1) is 5.41 Å². The van der Waals surface area contributed by atoms with Gasteiger partial charge in [0.2, 0.25) is 0 Å². The minimum Gasteiger partial charge on any atom is -0.350 e. The average molecular weight is 297 g/mol. The van der Waals surface area contributed by atoms with Crippen molar-refractivity contribution in [2.75, 3.05) is 18.1 Å². The number of carbonyl (C=O) groups excluding carboxylic acids is 1. The number of aromatic amines is 1. The van der Waals surface area contributed by atoms with Crippen LogP contribution in [-0.4, -0.2) is 42.3 Å². The Labute approximate surface area is 118 Å². The van der Waals surface area contributed by atoms with E-state index in [4.69, 9.17) is 0 Å². The number of nitrogens with zero attached hydrogens (tertiary/aromatic N) is 1. The fraction of sp³-hybridized carbons (Fsp3) is 0.692. The molecule has 2 aliphatic rings. The summed E-state index contributed by atoms with van der Waals surface area (Å²) in [7, 11) is -2.95. The second-order valence-electron chi connectivity index (χ2n) is 6.57. The molecule has 3 heterocycles. The van der Waals surface area contributed by atoms with Gasteiger partial charge in [0.1, 0.15) is 11.5 Å². The Morgan fingerprint density at radius 1 is 1.35 bits per heavy atom. The molecule has 1 atom stereocenters. The van der Waals surface area contributed by atoms with Gasteiger partial charge in [-0.3, -0.25) is 4.79 Å². The second-order valence-corrected chi connectivity index (χ2v) is 8.80. The molecule has 0 unspecified atom stereocenters. The van der Waals surface area contributed by atoms with Gasteiger partial charge in [-0.2, -0.15) is 0 Å². The van der Waals surface area contributed by atoms with Gasteiger partial charge >= 0.3 is 0 Å². The van der Waals surface area contributed by atoms with Gasteiger partial charge < -0.3 is 10.3 Å². The van der Waals surface area contributed by atoms with Crippen LogP contribution in [0.1, 0.15) is 48.2 Å². The van der Waals surface area contributed by atoms with Gasteiger partial charge in [-0.1, -0.05) is 13.8 Å². The van der Waals surface area contributed by atoms with Crippen LogP contribution in [-0.2, 0) is 16.3 Å². The molecule has 2 N–H and O–H groups in total. The summed E-state index contributed by atoms with van der Waals surface area (Å²) >= 11 is 0. The number of hydrogen-bond donors (Lipinski definition) is 2. The lowest BCUT2D eigenvalue weighted by Gasteiger charge is -2.21. The summed E-state index contributed by atoms with van der Waals surface area (Å²) in [5, 5.41) is 2.87. The maximum absolute atomic E-state index is 12.0. The monoisotopic (exact) mass is 297 g/mol. The fourth-order valence-electron chi connectivity index (χ4n) is 2.89. The Hall–Kier alpha value is -1.37. The number of carbonyl (C=O) groups is 1. The van der Waals surface area contributed by atoms with Crippen LogP contribution in [0.15, 0.2) is 0 Å². The Morgan fingerprint density at radius 3 is 2.75 bits per heavy atom. The normalized spacial score (nSPS) is 27.7. The molecule has 1 aromatic heterocycles. The van der Waals surface area contributed by atoms with Crippen molar-refractivity contribution in [2.24, 2.45) is 5.41 Å². The highest BCUT2D eigenvalue weighted by molar-refractivity contribution is 7.91. The van der Waals surface area contributed by atoms with Gasteiger partial charge in [-0.15, -0.1) is 0 Å². The maximum Gasteiger partial charge on any atom is 0.271 e. The molecule has 3 rings (SSSR count). The second kappa shape index (κ2) is 4.31. The van der Waals surface area contributed by atoms with Crippen LogP contribution in [0.4, 0.5) is 0 Å². The molecular formula is C13H19N3O3S. The smallest absolute Gasteiger partial charge is 0.271 e. The number of imidazole rings is 1. The van der Waals surface area contributed by atoms with E-state index >= 15 is 0 Å². The van der Waals surface area contributed by atoms with Crippen LogP contribution >= 0.6 is 0 Å². The summed E-state index contributed by atoms with van der Waals surface area (Å²) in [4.78, 5) is 19.6. The summed E-state index contributed by atoms with van der Waals surface area (Å²) in [5.41, 5.74) is 1.21. The third-order valence-corrected chi connectivity index (χ3v) is 5.78. The van der Waals surface area contributed by atoms with E-state index in [1.54, 1.807) is 0 Å². The number of rotatable bonds is 1. The van der Waals surface area contributed by atoms with Crippen molar-refractivity contribution in [2.45, 2.75) is 32.6 Å². The fourth-order valence-corrected chi connectivity index (χ4v) is 4.64. The molecule has 0 bridgehead atoms.